The maximum Gasteiger partial charge on any atom is 0.338 e. The molecular weight excluding hydrogens is 381 g/mol. The fourth-order valence-corrected chi connectivity index (χ4v) is 1.98. The number of carbonyl (C=O) groups excluding carboxylic acids is 3. The first-order valence-electron chi connectivity index (χ1n) is 7.85. The number of anilines is 1. The van der Waals surface area contributed by atoms with Gasteiger partial charge in [0.05, 0.1) is 11.3 Å². The number of ether oxygens (including phenoxy) is 2. The number of halogens is 3. The van der Waals surface area contributed by atoms with Crippen molar-refractivity contribution >= 4 is 23.5 Å². The molecule has 0 aliphatic rings. The molecule has 3 N–H and O–H groups in total. The summed E-state index contributed by atoms with van der Waals surface area (Å²) in [7, 11) is 0. The SMILES string of the molecule is C[C@H](OC(=O)c1ccc(OCC(N)=O)cc1)C(=O)Nc1ccc(F)c(F)c1F. The van der Waals surface area contributed by atoms with Crippen LogP contribution in [0.3, 0.4) is 0 Å². The molecule has 0 aromatic heterocycles. The molecule has 0 saturated heterocycles. The molecule has 0 aliphatic carbocycles. The second-order valence-electron chi connectivity index (χ2n) is 5.54. The van der Waals surface area contributed by atoms with Gasteiger partial charge in [0.1, 0.15) is 5.75 Å². The zero-order valence-corrected chi connectivity index (χ0v) is 14.5. The van der Waals surface area contributed by atoms with Crippen molar-refractivity contribution in [3.8, 4) is 5.75 Å². The van der Waals surface area contributed by atoms with Crippen molar-refractivity contribution in [3.63, 3.8) is 0 Å². The normalized spacial score (nSPS) is 11.4. The van der Waals surface area contributed by atoms with Crippen LogP contribution in [0.1, 0.15) is 17.3 Å². The van der Waals surface area contributed by atoms with Crippen LogP contribution in [0.15, 0.2) is 36.4 Å². The van der Waals surface area contributed by atoms with Gasteiger partial charge in [-0.3, -0.25) is 9.59 Å². The van der Waals surface area contributed by atoms with Crippen LogP contribution in [0, 0.1) is 17.5 Å². The molecule has 2 aromatic carbocycles. The van der Waals surface area contributed by atoms with Gasteiger partial charge in [0.2, 0.25) is 0 Å². The van der Waals surface area contributed by atoms with Crippen LogP contribution in [0.2, 0.25) is 0 Å². The minimum Gasteiger partial charge on any atom is -0.484 e. The zero-order chi connectivity index (χ0) is 20.8. The van der Waals surface area contributed by atoms with Gasteiger partial charge in [-0.2, -0.15) is 0 Å². The summed E-state index contributed by atoms with van der Waals surface area (Å²) in [5.41, 5.74) is 4.42. The number of nitrogens with one attached hydrogen (secondary N) is 1. The smallest absolute Gasteiger partial charge is 0.338 e. The molecular formula is C18H15F3N2O5. The van der Waals surface area contributed by atoms with E-state index in [1.165, 1.54) is 31.2 Å². The van der Waals surface area contributed by atoms with Gasteiger partial charge in [0.15, 0.2) is 30.2 Å². The molecule has 0 aliphatic heterocycles. The fourth-order valence-electron chi connectivity index (χ4n) is 1.98. The van der Waals surface area contributed by atoms with Crippen LogP contribution in [-0.2, 0) is 14.3 Å². The first-order chi connectivity index (χ1) is 13.2. The van der Waals surface area contributed by atoms with Crippen molar-refractivity contribution in [1.82, 2.24) is 0 Å². The number of nitrogens with two attached hydrogens (primary N) is 1. The highest BCUT2D eigenvalue weighted by Gasteiger charge is 2.22. The van der Waals surface area contributed by atoms with E-state index in [2.05, 4.69) is 0 Å². The van der Waals surface area contributed by atoms with Crippen LogP contribution >= 0.6 is 0 Å². The summed E-state index contributed by atoms with van der Waals surface area (Å²) in [4.78, 5) is 34.7. The number of amides is 2. The first-order valence-corrected chi connectivity index (χ1v) is 7.85. The lowest BCUT2D eigenvalue weighted by atomic mass is 10.2. The lowest BCUT2D eigenvalue weighted by Crippen LogP contribution is -2.30. The standard InChI is InChI=1S/C18H15F3N2O5/c1-9(17(25)23-13-7-6-12(19)15(20)16(13)21)28-18(26)10-2-4-11(5-3-10)27-8-14(22)24/h2-7,9H,8H2,1H3,(H2,22,24)(H,23,25)/t9-/m0/s1. The summed E-state index contributed by atoms with van der Waals surface area (Å²) in [5, 5.41) is 2.01. The van der Waals surface area contributed by atoms with E-state index in [0.717, 1.165) is 6.07 Å². The van der Waals surface area contributed by atoms with Crippen LogP contribution in [0.25, 0.3) is 0 Å². The highest BCUT2D eigenvalue weighted by molar-refractivity contribution is 5.97. The summed E-state index contributed by atoms with van der Waals surface area (Å²) >= 11 is 0. The van der Waals surface area contributed by atoms with Crippen LogP contribution < -0.4 is 15.8 Å². The molecule has 2 rings (SSSR count). The zero-order valence-electron chi connectivity index (χ0n) is 14.5. The lowest BCUT2D eigenvalue weighted by molar-refractivity contribution is -0.123. The Bertz CT molecular complexity index is 903. The molecule has 0 unspecified atom stereocenters. The van der Waals surface area contributed by atoms with Gasteiger partial charge in [0.25, 0.3) is 11.8 Å². The third kappa shape index (κ3) is 5.22. The van der Waals surface area contributed by atoms with E-state index in [1.807, 2.05) is 5.32 Å². The Hall–Kier alpha value is -3.56. The highest BCUT2D eigenvalue weighted by Crippen LogP contribution is 2.20. The van der Waals surface area contributed by atoms with Crippen LogP contribution in [0.4, 0.5) is 18.9 Å². The van der Waals surface area contributed by atoms with Gasteiger partial charge >= 0.3 is 5.97 Å². The number of benzene rings is 2. The van der Waals surface area contributed by atoms with E-state index in [9.17, 15) is 27.6 Å². The summed E-state index contributed by atoms with van der Waals surface area (Å²) in [6.07, 6.45) is -1.36. The van der Waals surface area contributed by atoms with E-state index in [4.69, 9.17) is 15.2 Å². The Morgan fingerprint density at radius 1 is 1.04 bits per heavy atom. The molecule has 0 saturated carbocycles. The van der Waals surface area contributed by atoms with Crippen molar-refractivity contribution in [2.75, 3.05) is 11.9 Å². The Morgan fingerprint density at radius 3 is 2.29 bits per heavy atom. The molecule has 0 spiro atoms. The Kier molecular flexibility index (Phi) is 6.59. The second-order valence-corrected chi connectivity index (χ2v) is 5.54. The quantitative estimate of drug-likeness (QED) is 0.551. The molecule has 0 heterocycles. The number of hydrogen-bond acceptors (Lipinski definition) is 5. The summed E-state index contributed by atoms with van der Waals surface area (Å²) < 4.78 is 49.7. The average Bonchev–Trinajstić information content (AvgIpc) is 2.67. The monoisotopic (exact) mass is 396 g/mol. The minimum absolute atomic E-state index is 0.0742. The van der Waals surface area contributed by atoms with Crippen molar-refractivity contribution < 1.29 is 37.0 Å². The summed E-state index contributed by atoms with van der Waals surface area (Å²) in [6.45, 7) is 0.886. The molecule has 7 nitrogen and oxygen atoms in total. The predicted octanol–water partition coefficient (Wildman–Crippen LogP) is 2.15. The van der Waals surface area contributed by atoms with Gasteiger partial charge < -0.3 is 20.5 Å². The maximum absolute atomic E-state index is 13.6. The third-order valence-electron chi connectivity index (χ3n) is 3.42. The number of esters is 1. The molecule has 2 aromatic rings. The summed E-state index contributed by atoms with van der Waals surface area (Å²) in [5.74, 6) is -6.90. The molecule has 0 bridgehead atoms. The third-order valence-corrected chi connectivity index (χ3v) is 3.42. The van der Waals surface area contributed by atoms with E-state index < -0.39 is 47.0 Å². The highest BCUT2D eigenvalue weighted by atomic mass is 19.2. The number of hydrogen-bond donors (Lipinski definition) is 2. The molecule has 2 amide bonds. The van der Waals surface area contributed by atoms with E-state index in [-0.39, 0.29) is 17.9 Å². The van der Waals surface area contributed by atoms with Crippen molar-refractivity contribution in [2.45, 2.75) is 13.0 Å². The molecule has 28 heavy (non-hydrogen) atoms. The number of carbonyl (C=O) groups is 3. The largest absolute Gasteiger partial charge is 0.484 e. The Balaban J connectivity index is 1.97. The van der Waals surface area contributed by atoms with Gasteiger partial charge in [0, 0.05) is 0 Å². The molecule has 0 radical (unpaired) electrons. The summed E-state index contributed by atoms with van der Waals surface area (Å²) in [6, 6.07) is 6.93. The fraction of sp³-hybridized carbons (Fsp3) is 0.167. The van der Waals surface area contributed by atoms with E-state index >= 15 is 0 Å². The number of primary amides is 1. The van der Waals surface area contributed by atoms with Crippen molar-refractivity contribution in [1.29, 1.82) is 0 Å². The molecule has 1 atom stereocenters. The van der Waals surface area contributed by atoms with Gasteiger partial charge in [-0.15, -0.1) is 0 Å². The van der Waals surface area contributed by atoms with Gasteiger partial charge in [-0.1, -0.05) is 0 Å². The molecule has 0 fully saturated rings. The van der Waals surface area contributed by atoms with Gasteiger partial charge in [-0.25, -0.2) is 18.0 Å². The van der Waals surface area contributed by atoms with E-state index in [0.29, 0.717) is 6.07 Å². The van der Waals surface area contributed by atoms with Crippen molar-refractivity contribution in [3.05, 3.63) is 59.4 Å². The minimum atomic E-state index is -1.74. The van der Waals surface area contributed by atoms with E-state index in [1.54, 1.807) is 0 Å². The Labute approximate surface area is 157 Å². The van der Waals surface area contributed by atoms with Crippen LogP contribution in [0.5, 0.6) is 5.75 Å². The topological polar surface area (TPSA) is 108 Å². The molecule has 148 valence electrons. The number of rotatable bonds is 7. The van der Waals surface area contributed by atoms with Crippen LogP contribution in [-0.4, -0.2) is 30.5 Å². The lowest BCUT2D eigenvalue weighted by Gasteiger charge is -2.14. The van der Waals surface area contributed by atoms with Crippen molar-refractivity contribution in [2.24, 2.45) is 5.73 Å². The molecule has 10 heteroatoms. The predicted molar refractivity (Wildman–Crippen MR) is 91.0 cm³/mol. The first kappa shape index (κ1) is 20.7. The van der Waals surface area contributed by atoms with Gasteiger partial charge in [-0.05, 0) is 43.3 Å². The Morgan fingerprint density at radius 2 is 1.68 bits per heavy atom. The second kappa shape index (κ2) is 8.89. The average molecular weight is 396 g/mol. The maximum atomic E-state index is 13.6.